The van der Waals surface area contributed by atoms with Gasteiger partial charge in [-0.05, 0) is 66.6 Å². The smallest absolute Gasteiger partial charge is 0.300 e. The maximum absolute atomic E-state index is 13.4. The van der Waals surface area contributed by atoms with Crippen molar-refractivity contribution in [1.82, 2.24) is 0 Å². The Balaban J connectivity index is 1.74. The Kier molecular flexibility index (Phi) is 5.97. The van der Waals surface area contributed by atoms with Gasteiger partial charge in [0.25, 0.3) is 11.7 Å². The second-order valence-electron chi connectivity index (χ2n) is 8.38. The average molecular weight is 508 g/mol. The highest BCUT2D eigenvalue weighted by molar-refractivity contribution is 6.52. The first-order chi connectivity index (χ1) is 17.3. The van der Waals surface area contributed by atoms with Gasteiger partial charge in [0.1, 0.15) is 17.3 Å². The number of nitrogens with zero attached hydrogens (tertiary/aromatic N) is 1. The van der Waals surface area contributed by atoms with Crippen molar-refractivity contribution in [2.24, 2.45) is 0 Å². The fraction of sp³-hybridized carbons (Fsp3) is 0.185. The molecular weight excluding hydrogens is 486 g/mol. The topological polar surface area (TPSA) is 117 Å². The Morgan fingerprint density at radius 3 is 2.64 bits per heavy atom. The van der Waals surface area contributed by atoms with Crippen molar-refractivity contribution in [3.63, 3.8) is 0 Å². The highest BCUT2D eigenvalue weighted by Crippen LogP contribution is 2.47. The van der Waals surface area contributed by atoms with E-state index in [9.17, 15) is 24.9 Å². The van der Waals surface area contributed by atoms with Crippen LogP contribution >= 0.6 is 11.6 Å². The van der Waals surface area contributed by atoms with Crippen LogP contribution in [0.4, 0.5) is 5.69 Å². The monoisotopic (exact) mass is 507 g/mol. The lowest BCUT2D eigenvalue weighted by Crippen LogP contribution is -2.29. The number of rotatable bonds is 5. The summed E-state index contributed by atoms with van der Waals surface area (Å²) in [7, 11) is 0. The standard InChI is InChI=1S/C27H22ClNO7/c1-2-35-22-12-15(3-6-20(22)31)24-23(25(32)16-4-8-21-14(11-16)9-10-36-21)26(33)27(34)29(24)18-13-17(28)5-7-19(18)30/h3-8,11-13,24,30-32H,2,9-10H2,1H3/b25-23+. The highest BCUT2D eigenvalue weighted by atomic mass is 35.5. The molecule has 8 nitrogen and oxygen atoms in total. The molecule has 1 unspecified atom stereocenters. The van der Waals surface area contributed by atoms with Crippen LogP contribution in [0.1, 0.15) is 29.7 Å². The van der Waals surface area contributed by atoms with Gasteiger partial charge >= 0.3 is 0 Å². The van der Waals surface area contributed by atoms with Crippen LogP contribution in [0.25, 0.3) is 5.76 Å². The molecule has 36 heavy (non-hydrogen) atoms. The minimum absolute atomic E-state index is 0.00189. The number of phenols is 2. The summed E-state index contributed by atoms with van der Waals surface area (Å²) in [5.74, 6) is -1.80. The molecule has 3 aromatic carbocycles. The fourth-order valence-corrected chi connectivity index (χ4v) is 4.71. The molecule has 0 bridgehead atoms. The number of carbonyl (C=O) groups excluding carboxylic acids is 2. The molecule has 1 atom stereocenters. The largest absolute Gasteiger partial charge is 0.507 e. The number of hydrogen-bond donors (Lipinski definition) is 3. The summed E-state index contributed by atoms with van der Waals surface area (Å²) < 4.78 is 11.0. The maximum Gasteiger partial charge on any atom is 0.300 e. The minimum atomic E-state index is -1.14. The van der Waals surface area contributed by atoms with Crippen LogP contribution < -0.4 is 14.4 Å². The zero-order valence-corrected chi connectivity index (χ0v) is 20.0. The molecule has 9 heteroatoms. The first-order valence-electron chi connectivity index (χ1n) is 11.3. The van der Waals surface area contributed by atoms with E-state index in [2.05, 4.69) is 0 Å². The third-order valence-electron chi connectivity index (χ3n) is 6.20. The second-order valence-corrected chi connectivity index (χ2v) is 8.82. The molecular formula is C27H22ClNO7. The first-order valence-corrected chi connectivity index (χ1v) is 11.7. The molecule has 3 aromatic rings. The van der Waals surface area contributed by atoms with Gasteiger partial charge in [-0.25, -0.2) is 0 Å². The van der Waals surface area contributed by atoms with Gasteiger partial charge in [-0.2, -0.15) is 0 Å². The predicted octanol–water partition coefficient (Wildman–Crippen LogP) is 4.71. The summed E-state index contributed by atoms with van der Waals surface area (Å²) in [4.78, 5) is 27.8. The second kappa shape index (κ2) is 9.13. The molecule has 0 radical (unpaired) electrons. The van der Waals surface area contributed by atoms with Crippen molar-refractivity contribution >= 4 is 34.7 Å². The van der Waals surface area contributed by atoms with Crippen molar-refractivity contribution in [2.75, 3.05) is 18.1 Å². The van der Waals surface area contributed by atoms with E-state index in [1.165, 1.54) is 36.4 Å². The van der Waals surface area contributed by atoms with Gasteiger partial charge < -0.3 is 24.8 Å². The summed E-state index contributed by atoms with van der Waals surface area (Å²) in [6.07, 6.45) is 0.653. The molecule has 5 rings (SSSR count). The van der Waals surface area contributed by atoms with E-state index in [0.717, 1.165) is 10.5 Å². The molecule has 0 spiro atoms. The summed E-state index contributed by atoms with van der Waals surface area (Å²) >= 11 is 6.15. The SMILES string of the molecule is CCOc1cc(C2/C(=C(\O)c3ccc4c(c3)CCO4)C(=O)C(=O)N2c2cc(Cl)ccc2O)ccc1O. The molecule has 2 aliphatic heterocycles. The number of ether oxygens (including phenoxy) is 2. The Morgan fingerprint density at radius 1 is 1.08 bits per heavy atom. The van der Waals surface area contributed by atoms with E-state index in [4.69, 9.17) is 21.1 Å². The predicted molar refractivity (Wildman–Crippen MR) is 133 cm³/mol. The van der Waals surface area contributed by atoms with Crippen molar-refractivity contribution in [3.8, 4) is 23.0 Å². The first kappa shape index (κ1) is 23.6. The van der Waals surface area contributed by atoms with Gasteiger partial charge in [0.15, 0.2) is 11.5 Å². The Morgan fingerprint density at radius 2 is 1.86 bits per heavy atom. The summed E-state index contributed by atoms with van der Waals surface area (Å²) in [6, 6.07) is 12.4. The number of fused-ring (bicyclic) bond motifs is 1. The normalized spacial score (nSPS) is 18.3. The van der Waals surface area contributed by atoms with Crippen LogP contribution in [-0.4, -0.2) is 40.2 Å². The number of Topliss-reactive ketones (excluding diaryl/α,β-unsaturated/α-hetero) is 1. The third-order valence-corrected chi connectivity index (χ3v) is 6.44. The van der Waals surface area contributed by atoms with Crippen LogP contribution in [0, 0.1) is 0 Å². The molecule has 0 aromatic heterocycles. The molecule has 2 heterocycles. The van der Waals surface area contributed by atoms with E-state index < -0.39 is 17.7 Å². The van der Waals surface area contributed by atoms with Gasteiger partial charge in [0, 0.05) is 17.0 Å². The molecule has 0 aliphatic carbocycles. The van der Waals surface area contributed by atoms with Crippen LogP contribution in [0.15, 0.2) is 60.2 Å². The van der Waals surface area contributed by atoms with Gasteiger partial charge in [-0.3, -0.25) is 14.5 Å². The molecule has 3 N–H and O–H groups in total. The van der Waals surface area contributed by atoms with E-state index in [1.807, 2.05) is 0 Å². The highest BCUT2D eigenvalue weighted by Gasteiger charge is 2.48. The van der Waals surface area contributed by atoms with Gasteiger partial charge in [0.2, 0.25) is 0 Å². The Labute approximate surface area is 211 Å². The van der Waals surface area contributed by atoms with E-state index in [-0.39, 0.29) is 45.9 Å². The van der Waals surface area contributed by atoms with Crippen LogP contribution in [0.5, 0.6) is 23.0 Å². The number of halogens is 1. The van der Waals surface area contributed by atoms with Crippen molar-refractivity contribution in [3.05, 3.63) is 81.9 Å². The molecule has 1 saturated heterocycles. The number of anilines is 1. The summed E-state index contributed by atoms with van der Waals surface area (Å²) in [5, 5.41) is 32.4. The lowest BCUT2D eigenvalue weighted by molar-refractivity contribution is -0.132. The average Bonchev–Trinajstić information content (AvgIpc) is 3.44. The van der Waals surface area contributed by atoms with Gasteiger partial charge in [0.05, 0.1) is 30.5 Å². The number of aliphatic hydroxyl groups is 1. The van der Waals surface area contributed by atoms with Crippen molar-refractivity contribution < 1.29 is 34.4 Å². The number of phenolic OH excluding ortho intramolecular Hbond substituents is 2. The molecule has 0 saturated carbocycles. The van der Waals surface area contributed by atoms with E-state index in [0.29, 0.717) is 29.9 Å². The van der Waals surface area contributed by atoms with E-state index in [1.54, 1.807) is 25.1 Å². The number of hydrogen-bond acceptors (Lipinski definition) is 7. The Bertz CT molecular complexity index is 1430. The van der Waals surface area contributed by atoms with Crippen molar-refractivity contribution in [1.29, 1.82) is 0 Å². The number of aliphatic hydroxyl groups excluding tert-OH is 1. The number of carbonyl (C=O) groups is 2. The molecule has 2 aliphatic rings. The van der Waals surface area contributed by atoms with Crippen LogP contribution in [0.2, 0.25) is 5.02 Å². The number of aromatic hydroxyl groups is 2. The summed E-state index contributed by atoms with van der Waals surface area (Å²) in [6.45, 7) is 2.54. The zero-order chi connectivity index (χ0) is 25.6. The molecule has 1 fully saturated rings. The number of benzene rings is 3. The zero-order valence-electron chi connectivity index (χ0n) is 19.2. The molecule has 184 valence electrons. The van der Waals surface area contributed by atoms with Gasteiger partial charge in [-0.1, -0.05) is 17.7 Å². The third kappa shape index (κ3) is 3.89. The number of ketones is 1. The quantitative estimate of drug-likeness (QED) is 0.260. The lowest BCUT2D eigenvalue weighted by atomic mass is 9.94. The number of amides is 1. The lowest BCUT2D eigenvalue weighted by Gasteiger charge is -2.26. The minimum Gasteiger partial charge on any atom is -0.507 e. The van der Waals surface area contributed by atoms with Crippen LogP contribution in [0.3, 0.4) is 0 Å². The fourth-order valence-electron chi connectivity index (χ4n) is 4.55. The molecule has 1 amide bonds. The van der Waals surface area contributed by atoms with E-state index >= 15 is 0 Å². The van der Waals surface area contributed by atoms with Crippen LogP contribution in [-0.2, 0) is 16.0 Å². The Hall–Kier alpha value is -4.17. The van der Waals surface area contributed by atoms with Crippen molar-refractivity contribution in [2.45, 2.75) is 19.4 Å². The van der Waals surface area contributed by atoms with Gasteiger partial charge in [-0.15, -0.1) is 0 Å². The summed E-state index contributed by atoms with van der Waals surface area (Å²) in [5.41, 5.74) is 1.43. The maximum atomic E-state index is 13.4.